The highest BCUT2D eigenvalue weighted by molar-refractivity contribution is 5.97. The van der Waals surface area contributed by atoms with Crippen LogP contribution >= 0.6 is 0 Å². The summed E-state index contributed by atoms with van der Waals surface area (Å²) in [5.41, 5.74) is 1.87. The number of amides is 1. The molecule has 1 amide bonds. The Morgan fingerprint density at radius 3 is 2.44 bits per heavy atom. The van der Waals surface area contributed by atoms with Crippen molar-refractivity contribution < 1.29 is 4.79 Å². The molecule has 0 bridgehead atoms. The Morgan fingerprint density at radius 1 is 1.17 bits per heavy atom. The van der Waals surface area contributed by atoms with E-state index >= 15 is 0 Å². The number of hydrogen-bond acceptors (Lipinski definition) is 3. The third-order valence-corrected chi connectivity index (χ3v) is 2.85. The molecule has 0 spiro atoms. The molecule has 0 aliphatic carbocycles. The van der Waals surface area contributed by atoms with Crippen LogP contribution in [0.4, 0.5) is 0 Å². The second kappa shape index (κ2) is 5.44. The fourth-order valence-electron chi connectivity index (χ4n) is 1.84. The van der Waals surface area contributed by atoms with Gasteiger partial charge in [0.1, 0.15) is 5.69 Å². The molecule has 0 unspecified atom stereocenters. The largest absolute Gasteiger partial charge is 0.338 e. The number of H-pyrrole nitrogens is 1. The van der Waals surface area contributed by atoms with Crippen molar-refractivity contribution >= 4 is 5.91 Å². The van der Waals surface area contributed by atoms with Crippen molar-refractivity contribution in [2.24, 2.45) is 0 Å². The minimum atomic E-state index is -0.0902. The van der Waals surface area contributed by atoms with Gasteiger partial charge in [0.2, 0.25) is 0 Å². The van der Waals surface area contributed by atoms with Crippen molar-refractivity contribution in [1.82, 2.24) is 20.3 Å². The second-order valence-corrected chi connectivity index (χ2v) is 3.86. The summed E-state index contributed by atoms with van der Waals surface area (Å²) in [6.45, 7) is 5.22. The maximum absolute atomic E-state index is 12.3. The summed E-state index contributed by atoms with van der Waals surface area (Å²) < 4.78 is 0. The van der Waals surface area contributed by atoms with Gasteiger partial charge in [-0.15, -0.1) is 0 Å². The molecule has 0 fully saturated rings. The van der Waals surface area contributed by atoms with Gasteiger partial charge in [0.05, 0.1) is 0 Å². The molecule has 94 valence electrons. The van der Waals surface area contributed by atoms with Crippen LogP contribution in [0, 0.1) is 0 Å². The molecule has 5 nitrogen and oxygen atoms in total. The SMILES string of the molecule is CCN(CC)C(=O)c1n[nH]nc1-c1ccccc1. The Hall–Kier alpha value is -2.17. The molecule has 1 heterocycles. The van der Waals surface area contributed by atoms with Crippen molar-refractivity contribution in [3.8, 4) is 11.3 Å². The lowest BCUT2D eigenvalue weighted by atomic mass is 10.1. The molecule has 1 aromatic carbocycles. The van der Waals surface area contributed by atoms with Crippen molar-refractivity contribution in [3.05, 3.63) is 36.0 Å². The van der Waals surface area contributed by atoms with Crippen LogP contribution in [-0.2, 0) is 0 Å². The Labute approximate surface area is 106 Å². The van der Waals surface area contributed by atoms with Gasteiger partial charge in [-0.1, -0.05) is 30.3 Å². The average Bonchev–Trinajstić information content (AvgIpc) is 2.90. The molecular formula is C13H16N4O. The molecule has 2 aromatic rings. The number of nitrogens with zero attached hydrogens (tertiary/aromatic N) is 3. The van der Waals surface area contributed by atoms with E-state index in [1.807, 2.05) is 44.2 Å². The molecule has 2 rings (SSSR count). The number of nitrogens with one attached hydrogen (secondary N) is 1. The third kappa shape index (κ3) is 2.25. The fraction of sp³-hybridized carbons (Fsp3) is 0.308. The quantitative estimate of drug-likeness (QED) is 0.894. The first kappa shape index (κ1) is 12.3. The van der Waals surface area contributed by atoms with E-state index in [0.29, 0.717) is 24.5 Å². The number of carbonyl (C=O) groups is 1. The molecule has 5 heteroatoms. The first-order valence-corrected chi connectivity index (χ1v) is 6.03. The van der Waals surface area contributed by atoms with Gasteiger partial charge in [-0.05, 0) is 13.8 Å². The van der Waals surface area contributed by atoms with Gasteiger partial charge in [0.15, 0.2) is 5.69 Å². The molecule has 0 atom stereocenters. The van der Waals surface area contributed by atoms with Gasteiger partial charge in [-0.3, -0.25) is 4.79 Å². The van der Waals surface area contributed by atoms with Crippen molar-refractivity contribution in [3.63, 3.8) is 0 Å². The number of aromatic amines is 1. The van der Waals surface area contributed by atoms with Crippen LogP contribution < -0.4 is 0 Å². The topological polar surface area (TPSA) is 61.9 Å². The summed E-state index contributed by atoms with van der Waals surface area (Å²) in [7, 11) is 0. The molecule has 0 saturated carbocycles. The molecular weight excluding hydrogens is 228 g/mol. The van der Waals surface area contributed by atoms with E-state index in [2.05, 4.69) is 15.4 Å². The Morgan fingerprint density at radius 2 is 1.83 bits per heavy atom. The summed E-state index contributed by atoms with van der Waals surface area (Å²) in [6.07, 6.45) is 0. The van der Waals surface area contributed by atoms with E-state index < -0.39 is 0 Å². The number of carbonyl (C=O) groups excluding carboxylic acids is 1. The lowest BCUT2D eigenvalue weighted by molar-refractivity contribution is 0.0768. The minimum Gasteiger partial charge on any atom is -0.338 e. The van der Waals surface area contributed by atoms with Gasteiger partial charge >= 0.3 is 0 Å². The normalized spacial score (nSPS) is 10.3. The van der Waals surface area contributed by atoms with E-state index in [9.17, 15) is 4.79 Å². The Balaban J connectivity index is 2.37. The Bertz CT molecular complexity index is 517. The Kier molecular flexibility index (Phi) is 3.72. The van der Waals surface area contributed by atoms with Crippen LogP contribution in [0.15, 0.2) is 30.3 Å². The molecule has 0 saturated heterocycles. The highest BCUT2D eigenvalue weighted by Gasteiger charge is 2.21. The maximum atomic E-state index is 12.3. The predicted molar refractivity (Wildman–Crippen MR) is 69.1 cm³/mol. The third-order valence-electron chi connectivity index (χ3n) is 2.85. The number of benzene rings is 1. The molecule has 1 aromatic heterocycles. The molecule has 0 radical (unpaired) electrons. The van der Waals surface area contributed by atoms with Crippen LogP contribution in [-0.4, -0.2) is 39.3 Å². The van der Waals surface area contributed by atoms with E-state index in [-0.39, 0.29) is 5.91 Å². The van der Waals surface area contributed by atoms with E-state index in [0.717, 1.165) is 5.56 Å². The first-order valence-electron chi connectivity index (χ1n) is 6.03. The van der Waals surface area contributed by atoms with Gasteiger partial charge < -0.3 is 4.90 Å². The van der Waals surface area contributed by atoms with Gasteiger partial charge in [-0.25, -0.2) is 0 Å². The zero-order valence-corrected chi connectivity index (χ0v) is 10.6. The molecule has 0 aliphatic rings. The number of aromatic nitrogens is 3. The van der Waals surface area contributed by atoms with Crippen LogP contribution in [0.3, 0.4) is 0 Å². The van der Waals surface area contributed by atoms with Crippen molar-refractivity contribution in [1.29, 1.82) is 0 Å². The fourth-order valence-corrected chi connectivity index (χ4v) is 1.84. The smallest absolute Gasteiger partial charge is 0.276 e. The average molecular weight is 244 g/mol. The van der Waals surface area contributed by atoms with E-state index in [1.54, 1.807) is 4.90 Å². The lowest BCUT2D eigenvalue weighted by Gasteiger charge is -2.17. The molecule has 0 aliphatic heterocycles. The number of hydrogen-bond donors (Lipinski definition) is 1. The standard InChI is InChI=1S/C13H16N4O/c1-3-17(4-2)13(18)12-11(14-16-15-12)10-8-6-5-7-9-10/h5-9H,3-4H2,1-2H3,(H,14,15,16). The summed E-state index contributed by atoms with van der Waals surface area (Å²) in [5, 5.41) is 10.6. The highest BCUT2D eigenvalue weighted by atomic mass is 16.2. The predicted octanol–water partition coefficient (Wildman–Crippen LogP) is 1.95. The van der Waals surface area contributed by atoms with Gasteiger partial charge in [0.25, 0.3) is 5.91 Å². The summed E-state index contributed by atoms with van der Waals surface area (Å²) in [4.78, 5) is 14.0. The van der Waals surface area contributed by atoms with Gasteiger partial charge in [-0.2, -0.15) is 15.4 Å². The van der Waals surface area contributed by atoms with Crippen molar-refractivity contribution in [2.75, 3.05) is 13.1 Å². The van der Waals surface area contributed by atoms with Gasteiger partial charge in [0, 0.05) is 18.7 Å². The lowest BCUT2D eigenvalue weighted by Crippen LogP contribution is -2.31. The molecule has 18 heavy (non-hydrogen) atoms. The molecule has 1 N–H and O–H groups in total. The maximum Gasteiger partial charge on any atom is 0.276 e. The summed E-state index contributed by atoms with van der Waals surface area (Å²) in [6, 6.07) is 9.58. The monoisotopic (exact) mass is 244 g/mol. The van der Waals surface area contributed by atoms with E-state index in [4.69, 9.17) is 0 Å². The zero-order valence-electron chi connectivity index (χ0n) is 10.6. The van der Waals surface area contributed by atoms with E-state index in [1.165, 1.54) is 0 Å². The minimum absolute atomic E-state index is 0.0902. The zero-order chi connectivity index (χ0) is 13.0. The summed E-state index contributed by atoms with van der Waals surface area (Å²) >= 11 is 0. The van der Waals surface area contributed by atoms with Crippen LogP contribution in [0.2, 0.25) is 0 Å². The van der Waals surface area contributed by atoms with Crippen LogP contribution in [0.1, 0.15) is 24.3 Å². The summed E-state index contributed by atoms with van der Waals surface area (Å²) in [5.74, 6) is -0.0902. The second-order valence-electron chi connectivity index (χ2n) is 3.86. The van der Waals surface area contributed by atoms with Crippen molar-refractivity contribution in [2.45, 2.75) is 13.8 Å². The van der Waals surface area contributed by atoms with Crippen LogP contribution in [0.25, 0.3) is 11.3 Å². The highest BCUT2D eigenvalue weighted by Crippen LogP contribution is 2.20. The first-order chi connectivity index (χ1) is 8.77. The number of rotatable bonds is 4. The van der Waals surface area contributed by atoms with Crippen LogP contribution in [0.5, 0.6) is 0 Å².